The van der Waals surface area contributed by atoms with Gasteiger partial charge in [-0.2, -0.15) is 5.26 Å². The Bertz CT molecular complexity index is 1470. The molecule has 0 radical (unpaired) electrons. The van der Waals surface area contributed by atoms with Crippen molar-refractivity contribution in [2.75, 3.05) is 51.2 Å². The van der Waals surface area contributed by atoms with Crippen molar-refractivity contribution >= 4 is 22.6 Å². The summed E-state index contributed by atoms with van der Waals surface area (Å²) < 4.78 is 15.4. The minimum Gasteiger partial charge on any atom is -0.364 e. The number of nitrogens with zero attached hydrogens (tertiary/aromatic N) is 7. The molecule has 1 unspecified atom stereocenters. The van der Waals surface area contributed by atoms with E-state index in [2.05, 4.69) is 46.6 Å². The van der Waals surface area contributed by atoms with Gasteiger partial charge in [-0.1, -0.05) is 12.1 Å². The molecule has 5 rings (SSSR count). The molecule has 2 aromatic heterocycles. The minimum absolute atomic E-state index is 0.0292. The molecule has 2 aliphatic heterocycles. The van der Waals surface area contributed by atoms with Gasteiger partial charge in [-0.25, -0.2) is 9.37 Å². The maximum Gasteiger partial charge on any atom is 0.252 e. The number of piperazine rings is 2. The molecule has 3 atom stereocenters. The molecular formula is C29H34FN7O2. The van der Waals surface area contributed by atoms with Gasteiger partial charge in [0.2, 0.25) is 5.91 Å². The number of anilines is 1. The van der Waals surface area contributed by atoms with Crippen LogP contribution >= 0.6 is 0 Å². The van der Waals surface area contributed by atoms with Crippen molar-refractivity contribution in [3.05, 3.63) is 69.9 Å². The van der Waals surface area contributed by atoms with Crippen molar-refractivity contribution in [1.82, 2.24) is 24.3 Å². The second kappa shape index (κ2) is 10.8. The van der Waals surface area contributed by atoms with E-state index in [0.29, 0.717) is 42.9 Å². The lowest BCUT2D eigenvalue weighted by Crippen LogP contribution is -2.60. The topological polar surface area (TPSA) is 88.7 Å². The van der Waals surface area contributed by atoms with Crippen LogP contribution in [0.2, 0.25) is 0 Å². The third-order valence-electron chi connectivity index (χ3n) is 8.09. The summed E-state index contributed by atoms with van der Waals surface area (Å²) in [5, 5.41) is 9.45. The van der Waals surface area contributed by atoms with Crippen LogP contribution in [-0.2, 0) is 11.8 Å². The van der Waals surface area contributed by atoms with Crippen molar-refractivity contribution in [1.29, 1.82) is 5.26 Å². The minimum atomic E-state index is -0.544. The number of halogens is 1. The zero-order valence-electron chi connectivity index (χ0n) is 22.8. The van der Waals surface area contributed by atoms with Gasteiger partial charge in [0.1, 0.15) is 29.1 Å². The van der Waals surface area contributed by atoms with Crippen molar-refractivity contribution in [3.8, 4) is 6.07 Å². The van der Waals surface area contributed by atoms with Gasteiger partial charge in [-0.15, -0.1) is 0 Å². The predicted octanol–water partition coefficient (Wildman–Crippen LogP) is 2.36. The summed E-state index contributed by atoms with van der Waals surface area (Å²) in [6, 6.07) is 12.6. The van der Waals surface area contributed by atoms with Crippen LogP contribution in [0.5, 0.6) is 0 Å². The Morgan fingerprint density at radius 2 is 1.72 bits per heavy atom. The highest BCUT2D eigenvalue weighted by Gasteiger charge is 2.40. The summed E-state index contributed by atoms with van der Waals surface area (Å²) in [4.78, 5) is 39.9. The van der Waals surface area contributed by atoms with Gasteiger partial charge >= 0.3 is 0 Å². The highest BCUT2D eigenvalue weighted by atomic mass is 19.1. The quantitative estimate of drug-likeness (QED) is 0.511. The zero-order valence-corrected chi connectivity index (χ0v) is 22.8. The van der Waals surface area contributed by atoms with Gasteiger partial charge in [0.15, 0.2) is 0 Å². The molecule has 204 valence electrons. The van der Waals surface area contributed by atoms with Gasteiger partial charge in [0, 0.05) is 64.5 Å². The van der Waals surface area contributed by atoms with Crippen LogP contribution < -0.4 is 10.5 Å². The Kier molecular flexibility index (Phi) is 7.38. The number of hydrogen-bond donors (Lipinski definition) is 0. The average molecular weight is 532 g/mol. The first-order valence-electron chi connectivity index (χ1n) is 13.3. The van der Waals surface area contributed by atoms with Crippen LogP contribution in [0.3, 0.4) is 0 Å². The van der Waals surface area contributed by atoms with E-state index in [1.807, 2.05) is 4.90 Å². The maximum absolute atomic E-state index is 14.0. The number of nitriles is 1. The molecule has 3 aromatic rings. The summed E-state index contributed by atoms with van der Waals surface area (Å²) in [7, 11) is 3.75. The Hall–Kier alpha value is -3.81. The number of likely N-dealkylation sites (N-methyl/N-ethyl adjacent to an activating group) is 1. The van der Waals surface area contributed by atoms with E-state index in [-0.39, 0.29) is 35.1 Å². The van der Waals surface area contributed by atoms with Gasteiger partial charge in [0.25, 0.3) is 5.56 Å². The Balaban J connectivity index is 1.50. The molecule has 1 amide bonds. The summed E-state index contributed by atoms with van der Waals surface area (Å²) in [5.41, 5.74) is 2.86. The van der Waals surface area contributed by atoms with Crippen molar-refractivity contribution < 1.29 is 9.18 Å². The monoisotopic (exact) mass is 531 g/mol. The second-order valence-electron chi connectivity index (χ2n) is 10.7. The molecule has 2 fully saturated rings. The SMILES string of the molecule is C[C@@H]1CN(c2cc(=O)n(C)c3ccc(C#N)nc23)[C@@H](C)CN1C(C(=O)N1CCN(C)CC1)c1ccc(F)cc1. The summed E-state index contributed by atoms with van der Waals surface area (Å²) in [6.45, 7) is 8.19. The molecule has 0 spiro atoms. The van der Waals surface area contributed by atoms with E-state index in [4.69, 9.17) is 0 Å². The second-order valence-corrected chi connectivity index (χ2v) is 10.7. The zero-order chi connectivity index (χ0) is 27.8. The standard InChI is InChI=1S/C29H34FN7O2/c1-19-18-37(28(21-5-7-22(30)8-6-21)29(39)35-13-11-33(3)12-14-35)20(2)17-36(19)25-15-26(38)34(4)24-10-9-23(16-31)32-27(24)25/h5-10,15,19-20,28H,11-14,17-18H2,1-4H3/t19-,20+,28?/m0/s1. The Morgan fingerprint density at radius 3 is 2.38 bits per heavy atom. The number of aromatic nitrogens is 2. The number of carbonyl (C=O) groups is 1. The molecule has 39 heavy (non-hydrogen) atoms. The third-order valence-corrected chi connectivity index (χ3v) is 8.09. The van der Waals surface area contributed by atoms with E-state index >= 15 is 0 Å². The lowest BCUT2D eigenvalue weighted by atomic mass is 9.97. The normalized spacial score (nSPS) is 21.6. The van der Waals surface area contributed by atoms with E-state index in [1.165, 1.54) is 16.7 Å². The number of benzene rings is 1. The Morgan fingerprint density at radius 1 is 1.03 bits per heavy atom. The maximum atomic E-state index is 14.0. The highest BCUT2D eigenvalue weighted by Crippen LogP contribution is 2.34. The molecule has 0 N–H and O–H groups in total. The van der Waals surface area contributed by atoms with E-state index in [0.717, 1.165) is 18.7 Å². The number of carbonyl (C=O) groups excluding carboxylic acids is 1. The smallest absolute Gasteiger partial charge is 0.252 e. The van der Waals surface area contributed by atoms with Gasteiger partial charge < -0.3 is 19.3 Å². The van der Waals surface area contributed by atoms with E-state index < -0.39 is 6.04 Å². The lowest BCUT2D eigenvalue weighted by Gasteiger charge is -2.49. The number of rotatable bonds is 4. The van der Waals surface area contributed by atoms with Gasteiger partial charge in [0.05, 0.1) is 11.2 Å². The number of pyridine rings is 2. The molecule has 2 saturated heterocycles. The first-order chi connectivity index (χ1) is 18.7. The van der Waals surface area contributed by atoms with Gasteiger partial charge in [-0.05, 0) is 50.7 Å². The van der Waals surface area contributed by atoms with E-state index in [1.54, 1.807) is 37.4 Å². The number of fused-ring (bicyclic) bond motifs is 1. The number of amides is 1. The van der Waals surface area contributed by atoms with Crippen LogP contribution in [-0.4, -0.2) is 88.6 Å². The highest BCUT2D eigenvalue weighted by molar-refractivity contribution is 5.89. The predicted molar refractivity (Wildman–Crippen MR) is 148 cm³/mol. The van der Waals surface area contributed by atoms with E-state index in [9.17, 15) is 19.2 Å². The summed E-state index contributed by atoms with van der Waals surface area (Å²) >= 11 is 0. The average Bonchev–Trinajstić information content (AvgIpc) is 2.93. The first kappa shape index (κ1) is 26.8. The molecule has 4 heterocycles. The molecule has 0 bridgehead atoms. The molecule has 9 nitrogen and oxygen atoms in total. The van der Waals surface area contributed by atoms with Crippen LogP contribution in [0.4, 0.5) is 10.1 Å². The molecule has 0 aliphatic carbocycles. The molecular weight excluding hydrogens is 497 g/mol. The number of hydrogen-bond acceptors (Lipinski definition) is 7. The van der Waals surface area contributed by atoms with Crippen molar-refractivity contribution in [2.45, 2.75) is 32.0 Å². The van der Waals surface area contributed by atoms with Crippen molar-refractivity contribution in [3.63, 3.8) is 0 Å². The molecule has 10 heteroatoms. The number of aryl methyl sites for hydroxylation is 1. The molecule has 0 saturated carbocycles. The van der Waals surface area contributed by atoms with Crippen LogP contribution in [0, 0.1) is 17.1 Å². The van der Waals surface area contributed by atoms with Crippen LogP contribution in [0.25, 0.3) is 11.0 Å². The lowest BCUT2D eigenvalue weighted by molar-refractivity contribution is -0.140. The summed E-state index contributed by atoms with van der Waals surface area (Å²) in [6.07, 6.45) is 0. The third kappa shape index (κ3) is 5.12. The fourth-order valence-corrected chi connectivity index (χ4v) is 5.76. The van der Waals surface area contributed by atoms with Crippen molar-refractivity contribution in [2.24, 2.45) is 7.05 Å². The Labute approximate surface area is 227 Å². The fourth-order valence-electron chi connectivity index (χ4n) is 5.76. The summed E-state index contributed by atoms with van der Waals surface area (Å²) in [5.74, 6) is -0.306. The van der Waals surface area contributed by atoms with Crippen LogP contribution in [0.1, 0.15) is 31.1 Å². The van der Waals surface area contributed by atoms with Crippen LogP contribution in [0.15, 0.2) is 47.3 Å². The fraction of sp³-hybridized carbons (Fsp3) is 0.448. The molecule has 2 aliphatic rings. The first-order valence-corrected chi connectivity index (χ1v) is 13.3. The molecule has 1 aromatic carbocycles. The van der Waals surface area contributed by atoms with Gasteiger partial charge in [-0.3, -0.25) is 14.5 Å². The largest absolute Gasteiger partial charge is 0.364 e.